The number of halogens is 4. The molecule has 102 valence electrons. The van der Waals surface area contributed by atoms with E-state index in [4.69, 9.17) is 16.3 Å². The molecular weight excluding hydrogens is 269 g/mol. The maximum atomic E-state index is 12.4. The SMILES string of the molecule is COCC(C)(C)Nc1ncc(C(F)(F)F)cc1Cl. The fourth-order valence-electron chi connectivity index (χ4n) is 1.40. The van der Waals surface area contributed by atoms with Crippen molar-refractivity contribution in [3.63, 3.8) is 0 Å². The van der Waals surface area contributed by atoms with Crippen molar-refractivity contribution in [3.05, 3.63) is 22.8 Å². The van der Waals surface area contributed by atoms with Crippen LogP contribution in [0.1, 0.15) is 19.4 Å². The lowest BCUT2D eigenvalue weighted by molar-refractivity contribution is -0.137. The van der Waals surface area contributed by atoms with E-state index < -0.39 is 17.3 Å². The van der Waals surface area contributed by atoms with Crippen molar-refractivity contribution in [1.29, 1.82) is 0 Å². The first kappa shape index (κ1) is 15.0. The van der Waals surface area contributed by atoms with E-state index in [0.29, 0.717) is 6.61 Å². The van der Waals surface area contributed by atoms with Crippen LogP contribution in [0.25, 0.3) is 0 Å². The molecule has 1 aromatic heterocycles. The Labute approximate surface area is 108 Å². The predicted octanol–water partition coefficient (Wildman–Crippen LogP) is 3.59. The Morgan fingerprint density at radius 2 is 2.00 bits per heavy atom. The zero-order valence-electron chi connectivity index (χ0n) is 10.2. The molecule has 7 heteroatoms. The number of pyridine rings is 1. The van der Waals surface area contributed by atoms with Crippen LogP contribution in [0.15, 0.2) is 12.3 Å². The zero-order chi connectivity index (χ0) is 14.0. The Morgan fingerprint density at radius 1 is 1.39 bits per heavy atom. The molecule has 0 aliphatic carbocycles. The van der Waals surface area contributed by atoms with Crippen molar-refractivity contribution in [1.82, 2.24) is 4.98 Å². The Balaban J connectivity index is 2.93. The van der Waals surface area contributed by atoms with Gasteiger partial charge in [-0.05, 0) is 19.9 Å². The van der Waals surface area contributed by atoms with Crippen LogP contribution in [0.2, 0.25) is 5.02 Å². The molecule has 0 aromatic carbocycles. The molecule has 3 nitrogen and oxygen atoms in total. The van der Waals surface area contributed by atoms with Gasteiger partial charge in [0, 0.05) is 13.3 Å². The molecule has 0 amide bonds. The maximum absolute atomic E-state index is 12.4. The van der Waals surface area contributed by atoms with Crippen molar-refractivity contribution < 1.29 is 17.9 Å². The van der Waals surface area contributed by atoms with E-state index in [2.05, 4.69) is 10.3 Å². The van der Waals surface area contributed by atoms with E-state index in [1.807, 2.05) is 13.8 Å². The zero-order valence-corrected chi connectivity index (χ0v) is 11.0. The molecule has 0 spiro atoms. The molecule has 0 unspecified atom stereocenters. The molecule has 0 saturated carbocycles. The van der Waals surface area contributed by atoms with Gasteiger partial charge in [0.1, 0.15) is 5.82 Å². The summed E-state index contributed by atoms with van der Waals surface area (Å²) < 4.78 is 42.2. The number of anilines is 1. The Bertz CT molecular complexity index is 421. The standard InChI is InChI=1S/C11H14ClF3N2O/c1-10(2,6-18-3)17-9-8(12)4-7(5-16-9)11(13,14)15/h4-5H,6H2,1-3H3,(H,16,17). The van der Waals surface area contributed by atoms with Crippen LogP contribution in [-0.4, -0.2) is 24.2 Å². The number of hydrogen-bond acceptors (Lipinski definition) is 3. The summed E-state index contributed by atoms with van der Waals surface area (Å²) in [6, 6.07) is 0.847. The summed E-state index contributed by atoms with van der Waals surface area (Å²) in [6.07, 6.45) is -3.70. The van der Waals surface area contributed by atoms with Crippen molar-refractivity contribution in [2.24, 2.45) is 0 Å². The molecule has 0 atom stereocenters. The fraction of sp³-hybridized carbons (Fsp3) is 0.545. The van der Waals surface area contributed by atoms with Crippen LogP contribution >= 0.6 is 11.6 Å². The molecule has 18 heavy (non-hydrogen) atoms. The highest BCUT2D eigenvalue weighted by Gasteiger charge is 2.32. The molecule has 1 rings (SSSR count). The number of nitrogens with zero attached hydrogens (tertiary/aromatic N) is 1. The molecule has 1 heterocycles. The maximum Gasteiger partial charge on any atom is 0.417 e. The summed E-state index contributed by atoms with van der Waals surface area (Å²) in [5, 5.41) is 2.86. The number of nitrogens with one attached hydrogen (secondary N) is 1. The molecule has 0 bridgehead atoms. The van der Waals surface area contributed by atoms with Crippen LogP contribution < -0.4 is 5.32 Å². The average molecular weight is 283 g/mol. The van der Waals surface area contributed by atoms with Gasteiger partial charge >= 0.3 is 6.18 Å². The van der Waals surface area contributed by atoms with Crippen molar-refractivity contribution >= 4 is 17.4 Å². The number of alkyl halides is 3. The van der Waals surface area contributed by atoms with Crippen LogP contribution in [0.5, 0.6) is 0 Å². The lowest BCUT2D eigenvalue weighted by atomic mass is 10.1. The van der Waals surface area contributed by atoms with Gasteiger partial charge in [0.05, 0.1) is 22.7 Å². The van der Waals surface area contributed by atoms with Crippen LogP contribution in [-0.2, 0) is 10.9 Å². The van der Waals surface area contributed by atoms with E-state index in [1.54, 1.807) is 0 Å². The minimum atomic E-state index is -4.45. The van der Waals surface area contributed by atoms with Crippen LogP contribution in [0, 0.1) is 0 Å². The second kappa shape index (κ2) is 5.32. The Hall–Kier alpha value is -1.01. The topological polar surface area (TPSA) is 34.1 Å². The van der Waals surface area contributed by atoms with Crippen LogP contribution in [0.4, 0.5) is 19.0 Å². The Morgan fingerprint density at radius 3 is 2.44 bits per heavy atom. The molecule has 1 N–H and O–H groups in total. The second-order valence-electron chi connectivity index (χ2n) is 4.49. The van der Waals surface area contributed by atoms with Gasteiger partial charge in [-0.15, -0.1) is 0 Å². The number of aromatic nitrogens is 1. The van der Waals surface area contributed by atoms with Gasteiger partial charge in [-0.25, -0.2) is 4.98 Å². The van der Waals surface area contributed by atoms with Crippen molar-refractivity contribution in [2.45, 2.75) is 25.6 Å². The van der Waals surface area contributed by atoms with Gasteiger partial charge in [0.15, 0.2) is 0 Å². The molecule has 0 aliphatic rings. The summed E-state index contributed by atoms with van der Waals surface area (Å²) in [4.78, 5) is 3.69. The average Bonchev–Trinajstić information content (AvgIpc) is 2.19. The normalized spacial score (nSPS) is 12.6. The first-order valence-electron chi connectivity index (χ1n) is 5.15. The van der Waals surface area contributed by atoms with E-state index in [1.165, 1.54) is 7.11 Å². The van der Waals surface area contributed by atoms with Gasteiger partial charge in [-0.2, -0.15) is 13.2 Å². The third-order valence-electron chi connectivity index (χ3n) is 2.13. The summed E-state index contributed by atoms with van der Waals surface area (Å²) in [7, 11) is 1.53. The van der Waals surface area contributed by atoms with Crippen LogP contribution in [0.3, 0.4) is 0 Å². The quantitative estimate of drug-likeness (QED) is 0.916. The lowest BCUT2D eigenvalue weighted by Gasteiger charge is -2.26. The van der Waals surface area contributed by atoms with Gasteiger partial charge in [-0.1, -0.05) is 11.6 Å². The second-order valence-corrected chi connectivity index (χ2v) is 4.90. The van der Waals surface area contributed by atoms with Gasteiger partial charge in [0.25, 0.3) is 0 Å². The molecule has 1 aromatic rings. The molecule has 0 saturated heterocycles. The summed E-state index contributed by atoms with van der Waals surface area (Å²) >= 11 is 5.78. The molecule has 0 aliphatic heterocycles. The van der Waals surface area contributed by atoms with E-state index in [0.717, 1.165) is 12.3 Å². The first-order chi connectivity index (χ1) is 8.15. The Kier molecular flexibility index (Phi) is 4.45. The first-order valence-corrected chi connectivity index (χ1v) is 5.53. The number of hydrogen-bond donors (Lipinski definition) is 1. The highest BCUT2D eigenvalue weighted by Crippen LogP contribution is 2.33. The van der Waals surface area contributed by atoms with Crippen molar-refractivity contribution in [2.75, 3.05) is 19.0 Å². The third-order valence-corrected chi connectivity index (χ3v) is 2.42. The third kappa shape index (κ3) is 4.03. The highest BCUT2D eigenvalue weighted by molar-refractivity contribution is 6.33. The summed E-state index contributed by atoms with van der Waals surface area (Å²) in [6.45, 7) is 4.02. The minimum Gasteiger partial charge on any atom is -0.382 e. The highest BCUT2D eigenvalue weighted by atomic mass is 35.5. The van der Waals surface area contributed by atoms with E-state index >= 15 is 0 Å². The largest absolute Gasteiger partial charge is 0.417 e. The predicted molar refractivity (Wildman–Crippen MR) is 63.8 cm³/mol. The van der Waals surface area contributed by atoms with Gasteiger partial charge in [-0.3, -0.25) is 0 Å². The smallest absolute Gasteiger partial charge is 0.382 e. The molecular formula is C11H14ClF3N2O. The lowest BCUT2D eigenvalue weighted by Crippen LogP contribution is -2.36. The molecule has 0 fully saturated rings. The monoisotopic (exact) mass is 282 g/mol. The summed E-state index contributed by atoms with van der Waals surface area (Å²) in [5.41, 5.74) is -1.35. The van der Waals surface area contributed by atoms with Gasteiger partial charge in [0.2, 0.25) is 0 Å². The number of methoxy groups -OCH3 is 1. The molecule has 0 radical (unpaired) electrons. The fourth-order valence-corrected chi connectivity index (χ4v) is 1.62. The van der Waals surface area contributed by atoms with Crippen molar-refractivity contribution in [3.8, 4) is 0 Å². The minimum absolute atomic E-state index is 0.0750. The van der Waals surface area contributed by atoms with E-state index in [9.17, 15) is 13.2 Å². The summed E-state index contributed by atoms with van der Waals surface area (Å²) in [5.74, 6) is 0.201. The number of rotatable bonds is 4. The number of ether oxygens (including phenoxy) is 1. The van der Waals surface area contributed by atoms with E-state index in [-0.39, 0.29) is 10.8 Å². The van der Waals surface area contributed by atoms with Gasteiger partial charge < -0.3 is 10.1 Å².